The van der Waals surface area contributed by atoms with Crippen molar-refractivity contribution in [3.63, 3.8) is 0 Å². The number of nitrogens with one attached hydrogen (secondary N) is 1. The molecule has 0 unspecified atom stereocenters. The number of benzene rings is 1. The van der Waals surface area contributed by atoms with E-state index in [1.54, 1.807) is 0 Å². The summed E-state index contributed by atoms with van der Waals surface area (Å²) < 4.78 is 0. The number of aromatic nitrogens is 2. The van der Waals surface area contributed by atoms with Crippen LogP contribution in [0.1, 0.15) is 17.5 Å². The van der Waals surface area contributed by atoms with Gasteiger partial charge < -0.3 is 5.32 Å². The summed E-state index contributed by atoms with van der Waals surface area (Å²) in [6, 6.07) is 10.5. The average molecular weight is 262 g/mol. The van der Waals surface area contributed by atoms with Crippen LogP contribution in [0.3, 0.4) is 0 Å². The molecular weight excluding hydrogens is 246 g/mol. The zero-order valence-corrected chi connectivity index (χ0v) is 11.1. The fourth-order valence-electron chi connectivity index (χ4n) is 1.75. The zero-order chi connectivity index (χ0) is 12.8. The third-order valence-corrected chi connectivity index (χ3v) is 3.18. The molecule has 0 fully saturated rings. The van der Waals surface area contributed by atoms with Crippen molar-refractivity contribution in [2.75, 3.05) is 11.9 Å². The maximum absolute atomic E-state index is 5.93. The molecule has 1 N–H and O–H groups in total. The molecule has 0 saturated carbocycles. The van der Waals surface area contributed by atoms with Crippen molar-refractivity contribution in [2.45, 2.75) is 19.8 Å². The van der Waals surface area contributed by atoms with Gasteiger partial charge in [-0.15, -0.1) is 0 Å². The molecule has 0 spiro atoms. The van der Waals surface area contributed by atoms with Crippen molar-refractivity contribution < 1.29 is 0 Å². The van der Waals surface area contributed by atoms with E-state index in [0.717, 1.165) is 30.8 Å². The van der Waals surface area contributed by atoms with Gasteiger partial charge >= 0.3 is 0 Å². The second-order valence-corrected chi connectivity index (χ2v) is 4.51. The summed E-state index contributed by atoms with van der Waals surface area (Å²) in [7, 11) is 0. The van der Waals surface area contributed by atoms with E-state index in [9.17, 15) is 0 Å². The van der Waals surface area contributed by atoms with E-state index in [-0.39, 0.29) is 0 Å². The van der Waals surface area contributed by atoms with Crippen LogP contribution < -0.4 is 5.32 Å². The van der Waals surface area contributed by atoms with Gasteiger partial charge in [-0.2, -0.15) is 0 Å². The zero-order valence-electron chi connectivity index (χ0n) is 10.4. The minimum atomic E-state index is 0.510. The summed E-state index contributed by atoms with van der Waals surface area (Å²) in [6.45, 7) is 2.80. The number of nitrogens with zero attached hydrogens (tertiary/aromatic N) is 2. The molecular formula is C14H16ClN3. The molecule has 2 rings (SSSR count). The molecule has 1 aromatic heterocycles. The number of hydrogen-bond acceptors (Lipinski definition) is 3. The number of anilines is 1. The van der Waals surface area contributed by atoms with Gasteiger partial charge in [-0.3, -0.25) is 0 Å². The third kappa shape index (κ3) is 3.44. The standard InChI is InChI=1S/C14H16ClN3/c1-11-13(15)17-10-18-14(11)16-9-5-8-12-6-3-2-4-7-12/h2-4,6-7,10H,5,8-9H2,1H3,(H,16,17,18). The molecule has 18 heavy (non-hydrogen) atoms. The summed E-state index contributed by atoms with van der Waals surface area (Å²) in [5.41, 5.74) is 2.26. The molecule has 0 aliphatic heterocycles. The van der Waals surface area contributed by atoms with Crippen LogP contribution in [0.4, 0.5) is 5.82 Å². The predicted octanol–water partition coefficient (Wildman–Crippen LogP) is 3.48. The highest BCUT2D eigenvalue weighted by Gasteiger charge is 2.03. The summed E-state index contributed by atoms with van der Waals surface area (Å²) in [5, 5.41) is 3.80. The number of rotatable bonds is 5. The quantitative estimate of drug-likeness (QED) is 0.661. The highest BCUT2D eigenvalue weighted by molar-refractivity contribution is 6.30. The van der Waals surface area contributed by atoms with Gasteiger partial charge in [-0.25, -0.2) is 9.97 Å². The Labute approximate surface area is 112 Å². The van der Waals surface area contributed by atoms with Crippen LogP contribution >= 0.6 is 11.6 Å². The van der Waals surface area contributed by atoms with E-state index in [1.165, 1.54) is 11.9 Å². The lowest BCUT2D eigenvalue weighted by Gasteiger charge is -2.08. The Hall–Kier alpha value is -1.61. The van der Waals surface area contributed by atoms with Gasteiger partial charge in [0, 0.05) is 12.1 Å². The van der Waals surface area contributed by atoms with E-state index >= 15 is 0 Å². The van der Waals surface area contributed by atoms with Gasteiger partial charge in [0.15, 0.2) is 0 Å². The van der Waals surface area contributed by atoms with E-state index in [4.69, 9.17) is 11.6 Å². The summed E-state index contributed by atoms with van der Waals surface area (Å²) >= 11 is 5.93. The molecule has 0 aliphatic carbocycles. The average Bonchev–Trinajstić information content (AvgIpc) is 2.40. The number of aryl methyl sites for hydroxylation is 1. The molecule has 0 amide bonds. The molecule has 94 valence electrons. The minimum Gasteiger partial charge on any atom is -0.370 e. The molecule has 0 bridgehead atoms. The van der Waals surface area contributed by atoms with Gasteiger partial charge in [0.25, 0.3) is 0 Å². The molecule has 3 nitrogen and oxygen atoms in total. The highest BCUT2D eigenvalue weighted by Crippen LogP contribution is 2.17. The van der Waals surface area contributed by atoms with Crippen molar-refractivity contribution in [1.29, 1.82) is 0 Å². The van der Waals surface area contributed by atoms with Gasteiger partial charge in [0.05, 0.1) is 0 Å². The first-order valence-corrected chi connectivity index (χ1v) is 6.40. The summed E-state index contributed by atoms with van der Waals surface area (Å²) in [5.74, 6) is 0.822. The molecule has 1 heterocycles. The van der Waals surface area contributed by atoms with E-state index in [1.807, 2.05) is 13.0 Å². The molecule has 0 atom stereocenters. The first-order chi connectivity index (χ1) is 8.77. The van der Waals surface area contributed by atoms with Crippen LogP contribution in [0.2, 0.25) is 5.15 Å². The van der Waals surface area contributed by atoms with Crippen LogP contribution in [0.15, 0.2) is 36.7 Å². The highest BCUT2D eigenvalue weighted by atomic mass is 35.5. The Morgan fingerprint density at radius 2 is 1.94 bits per heavy atom. The molecule has 0 aliphatic rings. The van der Waals surface area contributed by atoms with Crippen molar-refractivity contribution in [3.8, 4) is 0 Å². The first-order valence-electron chi connectivity index (χ1n) is 6.02. The van der Waals surface area contributed by atoms with E-state index in [2.05, 4.69) is 39.6 Å². The van der Waals surface area contributed by atoms with Crippen LogP contribution in [-0.2, 0) is 6.42 Å². The van der Waals surface area contributed by atoms with Crippen LogP contribution in [0.25, 0.3) is 0 Å². The molecule has 4 heteroatoms. The Balaban J connectivity index is 1.81. The largest absolute Gasteiger partial charge is 0.370 e. The Kier molecular flexibility index (Phi) is 4.53. The molecule has 0 saturated heterocycles. The van der Waals surface area contributed by atoms with Gasteiger partial charge in [-0.1, -0.05) is 41.9 Å². The van der Waals surface area contributed by atoms with Crippen LogP contribution in [-0.4, -0.2) is 16.5 Å². The van der Waals surface area contributed by atoms with Crippen LogP contribution in [0, 0.1) is 6.92 Å². The van der Waals surface area contributed by atoms with Crippen molar-refractivity contribution in [3.05, 3.63) is 52.9 Å². The Bertz CT molecular complexity index is 500. The first kappa shape index (κ1) is 12.8. The lowest BCUT2D eigenvalue weighted by molar-refractivity contribution is 0.856. The SMILES string of the molecule is Cc1c(Cl)ncnc1NCCCc1ccccc1. The Morgan fingerprint density at radius 1 is 1.17 bits per heavy atom. The Morgan fingerprint density at radius 3 is 2.72 bits per heavy atom. The molecule has 0 radical (unpaired) electrons. The second kappa shape index (κ2) is 6.36. The summed E-state index contributed by atoms with van der Waals surface area (Å²) in [4.78, 5) is 8.11. The lowest BCUT2D eigenvalue weighted by atomic mass is 10.1. The van der Waals surface area contributed by atoms with Gasteiger partial charge in [0.1, 0.15) is 17.3 Å². The number of hydrogen-bond donors (Lipinski definition) is 1. The fraction of sp³-hybridized carbons (Fsp3) is 0.286. The lowest BCUT2D eigenvalue weighted by Crippen LogP contribution is -2.06. The van der Waals surface area contributed by atoms with Gasteiger partial charge in [-0.05, 0) is 25.3 Å². The van der Waals surface area contributed by atoms with Gasteiger partial charge in [0.2, 0.25) is 0 Å². The van der Waals surface area contributed by atoms with Crippen molar-refractivity contribution in [2.24, 2.45) is 0 Å². The molecule has 1 aromatic carbocycles. The maximum atomic E-state index is 5.93. The third-order valence-electron chi connectivity index (χ3n) is 2.80. The van der Waals surface area contributed by atoms with Crippen molar-refractivity contribution in [1.82, 2.24) is 9.97 Å². The monoisotopic (exact) mass is 261 g/mol. The normalized spacial score (nSPS) is 10.3. The van der Waals surface area contributed by atoms with Crippen molar-refractivity contribution >= 4 is 17.4 Å². The summed E-state index contributed by atoms with van der Waals surface area (Å²) in [6.07, 6.45) is 3.60. The fourth-order valence-corrected chi connectivity index (χ4v) is 1.88. The smallest absolute Gasteiger partial charge is 0.137 e. The van der Waals surface area contributed by atoms with E-state index in [0.29, 0.717) is 5.15 Å². The minimum absolute atomic E-state index is 0.510. The van der Waals surface area contributed by atoms with Crippen LogP contribution in [0.5, 0.6) is 0 Å². The predicted molar refractivity (Wildman–Crippen MR) is 75.0 cm³/mol. The molecule has 2 aromatic rings. The van der Waals surface area contributed by atoms with E-state index < -0.39 is 0 Å². The maximum Gasteiger partial charge on any atom is 0.137 e. The second-order valence-electron chi connectivity index (χ2n) is 4.15. The topological polar surface area (TPSA) is 37.8 Å². The number of halogens is 1.